The third-order valence-electron chi connectivity index (χ3n) is 5.04. The largest absolute Gasteiger partial charge is 0.478 e. The van der Waals surface area contributed by atoms with Crippen molar-refractivity contribution in [2.24, 2.45) is 0 Å². The molecule has 0 atom stereocenters. The smallest absolute Gasteiger partial charge is 0.336 e. The Morgan fingerprint density at radius 2 is 0.733 bits per heavy atom. The van der Waals surface area contributed by atoms with E-state index in [0.717, 1.165) is 22.3 Å². The number of hydrogen-bond acceptors (Lipinski definition) is 2. The number of hydrogen-bond donors (Lipinski definition) is 2. The minimum absolute atomic E-state index is 0.270. The number of carbonyl (C=O) groups is 2. The lowest BCUT2D eigenvalue weighted by Gasteiger charge is -2.09. The van der Waals surface area contributed by atoms with E-state index in [4.69, 9.17) is 0 Å². The minimum Gasteiger partial charge on any atom is -0.478 e. The van der Waals surface area contributed by atoms with E-state index in [2.05, 4.69) is 0 Å². The van der Waals surface area contributed by atoms with Crippen LogP contribution in [-0.4, -0.2) is 22.2 Å². The van der Waals surface area contributed by atoms with Gasteiger partial charge >= 0.3 is 11.9 Å². The molecule has 0 saturated carbocycles. The third kappa shape index (κ3) is 3.71. The number of carboxylic acids is 2. The van der Waals surface area contributed by atoms with Gasteiger partial charge in [0.25, 0.3) is 0 Å². The quantitative estimate of drug-likeness (QED) is 0.430. The van der Waals surface area contributed by atoms with Crippen LogP contribution in [0, 0.1) is 0 Å². The Kier molecular flexibility index (Phi) is 5.14. The van der Waals surface area contributed by atoms with Crippen molar-refractivity contribution >= 4 is 11.9 Å². The molecule has 0 spiro atoms. The summed E-state index contributed by atoms with van der Waals surface area (Å²) in [5, 5.41) is 18.8. The first-order valence-corrected chi connectivity index (χ1v) is 9.40. The Hall–Kier alpha value is -4.18. The van der Waals surface area contributed by atoms with Crippen molar-refractivity contribution < 1.29 is 19.8 Å². The summed E-state index contributed by atoms with van der Waals surface area (Å²) < 4.78 is 0. The summed E-state index contributed by atoms with van der Waals surface area (Å²) in [6.07, 6.45) is 0. The van der Waals surface area contributed by atoms with Gasteiger partial charge in [0.05, 0.1) is 11.1 Å². The van der Waals surface area contributed by atoms with E-state index < -0.39 is 11.9 Å². The number of aromatic carboxylic acids is 2. The zero-order chi connectivity index (χ0) is 21.1. The van der Waals surface area contributed by atoms with Gasteiger partial charge in [-0.15, -0.1) is 0 Å². The molecule has 4 heteroatoms. The van der Waals surface area contributed by atoms with E-state index in [1.165, 1.54) is 0 Å². The normalized spacial score (nSPS) is 10.5. The summed E-state index contributed by atoms with van der Waals surface area (Å²) in [5.74, 6) is -1.90. The Morgan fingerprint density at radius 1 is 0.433 bits per heavy atom. The van der Waals surface area contributed by atoms with Crippen molar-refractivity contribution in [3.63, 3.8) is 0 Å². The van der Waals surface area contributed by atoms with Crippen molar-refractivity contribution in [3.05, 3.63) is 108 Å². The van der Waals surface area contributed by atoms with Crippen LogP contribution in [-0.2, 0) is 0 Å². The lowest BCUT2D eigenvalue weighted by Crippen LogP contribution is -1.99. The first-order valence-electron chi connectivity index (χ1n) is 9.40. The molecule has 4 rings (SSSR count). The maximum Gasteiger partial charge on any atom is 0.336 e. The van der Waals surface area contributed by atoms with Gasteiger partial charge < -0.3 is 10.2 Å². The van der Waals surface area contributed by atoms with Crippen LogP contribution < -0.4 is 0 Å². The van der Waals surface area contributed by atoms with Gasteiger partial charge in [0.15, 0.2) is 0 Å². The molecule has 0 saturated heterocycles. The van der Waals surface area contributed by atoms with Crippen molar-refractivity contribution in [2.45, 2.75) is 0 Å². The fraction of sp³-hybridized carbons (Fsp3) is 0. The number of benzene rings is 4. The molecule has 0 aliphatic rings. The Balaban J connectivity index is 1.64. The molecule has 0 amide bonds. The highest BCUT2D eigenvalue weighted by molar-refractivity contribution is 5.97. The molecule has 4 aromatic rings. The number of rotatable bonds is 5. The monoisotopic (exact) mass is 394 g/mol. The SMILES string of the molecule is O=C(O)c1ccccc1-c1ccc(-c2ccc(-c3ccccc3C(=O)O)cc2)cc1. The van der Waals surface area contributed by atoms with Gasteiger partial charge in [-0.25, -0.2) is 9.59 Å². The minimum atomic E-state index is -0.952. The molecule has 4 aromatic carbocycles. The molecule has 0 fully saturated rings. The third-order valence-corrected chi connectivity index (χ3v) is 5.04. The van der Waals surface area contributed by atoms with Crippen molar-refractivity contribution in [2.75, 3.05) is 0 Å². The summed E-state index contributed by atoms with van der Waals surface area (Å²) in [4.78, 5) is 22.9. The standard InChI is InChI=1S/C26H18O4/c27-25(28)23-7-3-1-5-21(23)19-13-9-17(10-14-19)18-11-15-20(16-12-18)22-6-2-4-8-24(22)26(29)30/h1-16H,(H,27,28)(H,29,30). The second kappa shape index (κ2) is 8.05. The Bertz CT molecular complexity index is 1120. The highest BCUT2D eigenvalue weighted by Gasteiger charge is 2.12. The van der Waals surface area contributed by atoms with Gasteiger partial charge in [-0.2, -0.15) is 0 Å². The van der Waals surface area contributed by atoms with Crippen LogP contribution in [0.2, 0.25) is 0 Å². The summed E-state index contributed by atoms with van der Waals surface area (Å²) in [5.41, 5.74) is 5.55. The second-order valence-corrected chi connectivity index (χ2v) is 6.86. The van der Waals surface area contributed by atoms with Crippen LogP contribution in [0.3, 0.4) is 0 Å². The van der Waals surface area contributed by atoms with Crippen LogP contribution in [0.25, 0.3) is 33.4 Å². The second-order valence-electron chi connectivity index (χ2n) is 6.86. The van der Waals surface area contributed by atoms with Crippen LogP contribution in [0.4, 0.5) is 0 Å². The van der Waals surface area contributed by atoms with Gasteiger partial charge in [0.2, 0.25) is 0 Å². The first kappa shape index (κ1) is 19.2. The molecule has 30 heavy (non-hydrogen) atoms. The zero-order valence-corrected chi connectivity index (χ0v) is 15.9. The molecule has 0 aliphatic heterocycles. The highest BCUT2D eigenvalue weighted by Crippen LogP contribution is 2.30. The number of carboxylic acid groups (broad SMARTS) is 2. The van der Waals surface area contributed by atoms with E-state index in [0.29, 0.717) is 11.1 Å². The fourth-order valence-corrected chi connectivity index (χ4v) is 3.53. The van der Waals surface area contributed by atoms with Gasteiger partial charge in [0.1, 0.15) is 0 Å². The van der Waals surface area contributed by atoms with Gasteiger partial charge in [-0.3, -0.25) is 0 Å². The lowest BCUT2D eigenvalue weighted by atomic mass is 9.95. The first-order chi connectivity index (χ1) is 14.5. The zero-order valence-electron chi connectivity index (χ0n) is 15.9. The van der Waals surface area contributed by atoms with E-state index >= 15 is 0 Å². The van der Waals surface area contributed by atoms with E-state index in [-0.39, 0.29) is 11.1 Å². The lowest BCUT2D eigenvalue weighted by molar-refractivity contribution is 0.0687. The van der Waals surface area contributed by atoms with E-state index in [1.54, 1.807) is 36.4 Å². The summed E-state index contributed by atoms with van der Waals surface area (Å²) >= 11 is 0. The van der Waals surface area contributed by atoms with E-state index in [1.807, 2.05) is 60.7 Å². The molecule has 0 heterocycles. The van der Waals surface area contributed by atoms with Crippen LogP contribution in [0.5, 0.6) is 0 Å². The van der Waals surface area contributed by atoms with Crippen molar-refractivity contribution in [1.29, 1.82) is 0 Å². The van der Waals surface area contributed by atoms with Gasteiger partial charge in [0, 0.05) is 0 Å². The summed E-state index contributed by atoms with van der Waals surface area (Å²) in [7, 11) is 0. The molecule has 0 unspecified atom stereocenters. The topological polar surface area (TPSA) is 74.6 Å². The highest BCUT2D eigenvalue weighted by atomic mass is 16.4. The predicted octanol–water partition coefficient (Wildman–Crippen LogP) is 6.08. The van der Waals surface area contributed by atoms with Crippen LogP contribution in [0.15, 0.2) is 97.1 Å². The summed E-state index contributed by atoms with van der Waals surface area (Å²) in [6.45, 7) is 0. The predicted molar refractivity (Wildman–Crippen MR) is 117 cm³/mol. The van der Waals surface area contributed by atoms with Crippen molar-refractivity contribution in [1.82, 2.24) is 0 Å². The molecule has 0 bridgehead atoms. The molecule has 0 radical (unpaired) electrons. The maximum absolute atomic E-state index is 11.5. The average Bonchev–Trinajstić information content (AvgIpc) is 2.79. The van der Waals surface area contributed by atoms with E-state index in [9.17, 15) is 19.8 Å². The molecule has 2 N–H and O–H groups in total. The Labute approximate surface area is 173 Å². The molecular formula is C26H18O4. The molecule has 146 valence electrons. The van der Waals surface area contributed by atoms with Crippen LogP contribution >= 0.6 is 0 Å². The maximum atomic E-state index is 11.5. The van der Waals surface area contributed by atoms with Gasteiger partial charge in [-0.05, 0) is 45.5 Å². The summed E-state index contributed by atoms with van der Waals surface area (Å²) in [6, 6.07) is 29.3. The molecule has 0 aliphatic carbocycles. The Morgan fingerprint density at radius 3 is 1.07 bits per heavy atom. The molecular weight excluding hydrogens is 376 g/mol. The van der Waals surface area contributed by atoms with Gasteiger partial charge in [-0.1, -0.05) is 84.9 Å². The van der Waals surface area contributed by atoms with Crippen molar-refractivity contribution in [3.8, 4) is 33.4 Å². The fourth-order valence-electron chi connectivity index (χ4n) is 3.53. The van der Waals surface area contributed by atoms with Crippen LogP contribution in [0.1, 0.15) is 20.7 Å². The molecule has 0 aromatic heterocycles. The molecule has 4 nitrogen and oxygen atoms in total. The average molecular weight is 394 g/mol.